The van der Waals surface area contributed by atoms with Gasteiger partial charge in [0.05, 0.1) is 11.0 Å². The Labute approximate surface area is 151 Å². The fraction of sp³-hybridized carbons (Fsp3) is 0.450. The molecule has 138 valence electrons. The minimum atomic E-state index is -0.893. The Morgan fingerprint density at radius 3 is 2.77 bits per heavy atom. The van der Waals surface area contributed by atoms with Crippen molar-refractivity contribution in [2.75, 3.05) is 13.1 Å². The van der Waals surface area contributed by atoms with E-state index < -0.39 is 11.4 Å². The normalized spacial score (nSPS) is 20.3. The first kappa shape index (κ1) is 18.2. The van der Waals surface area contributed by atoms with Crippen LogP contribution in [0.1, 0.15) is 48.5 Å². The van der Waals surface area contributed by atoms with Gasteiger partial charge in [0.2, 0.25) is 5.56 Å². The molecule has 1 aromatic heterocycles. The Bertz CT molecular complexity index is 914. The van der Waals surface area contributed by atoms with Crippen molar-refractivity contribution in [2.24, 2.45) is 5.41 Å². The minimum Gasteiger partial charge on any atom is -0.481 e. The lowest BCUT2D eigenvalue weighted by atomic mass is 9.76. The number of likely N-dealkylation sites (tertiary alicyclic amines) is 1. The van der Waals surface area contributed by atoms with E-state index in [0.717, 1.165) is 12.0 Å². The second kappa shape index (κ2) is 6.94. The lowest BCUT2D eigenvalue weighted by Crippen LogP contribution is -2.50. The molecule has 0 bridgehead atoms. The average molecular weight is 356 g/mol. The summed E-state index contributed by atoms with van der Waals surface area (Å²) in [4.78, 5) is 41.4. The predicted octanol–water partition coefficient (Wildman–Crippen LogP) is 2.94. The topological polar surface area (TPSA) is 90.5 Å². The summed E-state index contributed by atoms with van der Waals surface area (Å²) in [6, 6.07) is 6.86. The maximum absolute atomic E-state index is 13.2. The SMILES string of the molecule is CCCC1(C(=O)O)CCCN(C(=O)c2cc(=O)[nH]c3ccc(C)cc23)C1. The van der Waals surface area contributed by atoms with Gasteiger partial charge >= 0.3 is 5.97 Å². The molecule has 1 atom stereocenters. The molecule has 1 aliphatic heterocycles. The summed E-state index contributed by atoms with van der Waals surface area (Å²) in [6.07, 6.45) is 2.52. The molecule has 1 aliphatic rings. The maximum Gasteiger partial charge on any atom is 0.311 e. The van der Waals surface area contributed by atoms with Crippen molar-refractivity contribution in [3.8, 4) is 0 Å². The first-order valence-electron chi connectivity index (χ1n) is 9.03. The average Bonchev–Trinajstić information content (AvgIpc) is 2.61. The molecule has 2 aromatic rings. The molecule has 0 spiro atoms. The number of piperidine rings is 1. The highest BCUT2D eigenvalue weighted by Crippen LogP contribution is 2.36. The standard InChI is InChI=1S/C20H24N2O4/c1-3-7-20(19(25)26)8-4-9-22(12-20)18(24)15-11-17(23)21-16-6-5-13(2)10-14(15)16/h5-6,10-11H,3-4,7-9,12H2,1-2H3,(H,21,23)(H,25,26). The van der Waals surface area contributed by atoms with E-state index in [1.54, 1.807) is 11.0 Å². The van der Waals surface area contributed by atoms with E-state index >= 15 is 0 Å². The van der Waals surface area contributed by atoms with Gasteiger partial charge in [-0.3, -0.25) is 14.4 Å². The Kier molecular flexibility index (Phi) is 4.85. The number of aliphatic carboxylic acids is 1. The zero-order chi connectivity index (χ0) is 18.9. The molecule has 1 aromatic carbocycles. The lowest BCUT2D eigenvalue weighted by Gasteiger charge is -2.40. The fourth-order valence-corrected chi connectivity index (χ4v) is 3.98. The van der Waals surface area contributed by atoms with Gasteiger partial charge in [-0.15, -0.1) is 0 Å². The number of amides is 1. The number of aryl methyl sites for hydroxylation is 1. The fourth-order valence-electron chi connectivity index (χ4n) is 3.98. The van der Waals surface area contributed by atoms with Crippen molar-refractivity contribution in [1.82, 2.24) is 9.88 Å². The summed E-state index contributed by atoms with van der Waals surface area (Å²) < 4.78 is 0. The number of carboxylic acid groups (broad SMARTS) is 1. The molecule has 2 N–H and O–H groups in total. The van der Waals surface area contributed by atoms with Crippen molar-refractivity contribution < 1.29 is 14.7 Å². The number of carbonyl (C=O) groups is 2. The first-order valence-corrected chi connectivity index (χ1v) is 9.03. The molecule has 6 heteroatoms. The van der Waals surface area contributed by atoms with E-state index in [1.165, 1.54) is 6.07 Å². The van der Waals surface area contributed by atoms with Gasteiger partial charge in [0, 0.05) is 30.1 Å². The number of H-pyrrole nitrogens is 1. The van der Waals surface area contributed by atoms with Gasteiger partial charge in [-0.25, -0.2) is 0 Å². The number of aromatic amines is 1. The molecular weight excluding hydrogens is 332 g/mol. The molecular formula is C20H24N2O4. The van der Waals surface area contributed by atoms with Gasteiger partial charge in [0.1, 0.15) is 0 Å². The molecule has 26 heavy (non-hydrogen) atoms. The van der Waals surface area contributed by atoms with Crippen LogP contribution in [0.4, 0.5) is 0 Å². The maximum atomic E-state index is 13.2. The molecule has 1 amide bonds. The van der Waals surface area contributed by atoms with Gasteiger partial charge < -0.3 is 15.0 Å². The lowest BCUT2D eigenvalue weighted by molar-refractivity contribution is -0.152. The molecule has 3 rings (SSSR count). The van der Waals surface area contributed by atoms with Crippen LogP contribution in [-0.4, -0.2) is 40.0 Å². The van der Waals surface area contributed by atoms with Crippen LogP contribution < -0.4 is 5.56 Å². The summed E-state index contributed by atoms with van der Waals surface area (Å²) in [6.45, 7) is 4.58. The van der Waals surface area contributed by atoms with Crippen LogP contribution in [0.2, 0.25) is 0 Å². The number of nitrogens with one attached hydrogen (secondary N) is 1. The number of carbonyl (C=O) groups excluding carboxylic acids is 1. The van der Waals surface area contributed by atoms with Gasteiger partial charge in [-0.1, -0.05) is 25.0 Å². The molecule has 1 saturated heterocycles. The zero-order valence-corrected chi connectivity index (χ0v) is 15.2. The Balaban J connectivity index is 2.01. The number of rotatable bonds is 4. The van der Waals surface area contributed by atoms with Gasteiger partial charge in [-0.05, 0) is 38.3 Å². The summed E-state index contributed by atoms with van der Waals surface area (Å²) in [7, 11) is 0. The number of pyridine rings is 1. The van der Waals surface area contributed by atoms with E-state index in [0.29, 0.717) is 42.3 Å². The van der Waals surface area contributed by atoms with Gasteiger partial charge in [0.15, 0.2) is 0 Å². The largest absolute Gasteiger partial charge is 0.481 e. The number of hydrogen-bond donors (Lipinski definition) is 2. The second-order valence-corrected chi connectivity index (χ2v) is 7.26. The molecule has 0 saturated carbocycles. The van der Waals surface area contributed by atoms with Crippen molar-refractivity contribution in [3.05, 3.63) is 45.7 Å². The zero-order valence-electron chi connectivity index (χ0n) is 15.2. The van der Waals surface area contributed by atoms with Crippen molar-refractivity contribution in [3.63, 3.8) is 0 Å². The van der Waals surface area contributed by atoms with Crippen molar-refractivity contribution in [2.45, 2.75) is 39.5 Å². The monoisotopic (exact) mass is 356 g/mol. The number of hydrogen-bond acceptors (Lipinski definition) is 3. The number of carboxylic acids is 1. The third kappa shape index (κ3) is 3.23. The third-order valence-electron chi connectivity index (χ3n) is 5.28. The van der Waals surface area contributed by atoms with E-state index in [1.807, 2.05) is 26.0 Å². The van der Waals surface area contributed by atoms with Crippen LogP contribution in [0, 0.1) is 12.3 Å². The van der Waals surface area contributed by atoms with E-state index in [-0.39, 0.29) is 18.0 Å². The second-order valence-electron chi connectivity index (χ2n) is 7.26. The van der Waals surface area contributed by atoms with Crippen LogP contribution in [0.3, 0.4) is 0 Å². The quantitative estimate of drug-likeness (QED) is 0.881. The number of nitrogens with zero attached hydrogens (tertiary/aromatic N) is 1. The summed E-state index contributed by atoms with van der Waals surface area (Å²) in [5.41, 5.74) is 0.713. The predicted molar refractivity (Wildman–Crippen MR) is 99.4 cm³/mol. The first-order chi connectivity index (χ1) is 12.4. The highest BCUT2D eigenvalue weighted by atomic mass is 16.4. The third-order valence-corrected chi connectivity index (χ3v) is 5.28. The van der Waals surface area contributed by atoms with Crippen LogP contribution in [-0.2, 0) is 4.79 Å². The van der Waals surface area contributed by atoms with Crippen LogP contribution >= 0.6 is 0 Å². The molecule has 0 radical (unpaired) electrons. The summed E-state index contributed by atoms with van der Waals surface area (Å²) in [5, 5.41) is 10.4. The molecule has 2 heterocycles. The molecule has 1 unspecified atom stereocenters. The van der Waals surface area contributed by atoms with E-state index in [2.05, 4.69) is 4.98 Å². The number of benzene rings is 1. The van der Waals surface area contributed by atoms with Crippen molar-refractivity contribution in [1.29, 1.82) is 0 Å². The van der Waals surface area contributed by atoms with Gasteiger partial charge in [0.25, 0.3) is 5.91 Å². The molecule has 1 fully saturated rings. The smallest absolute Gasteiger partial charge is 0.311 e. The molecule has 6 nitrogen and oxygen atoms in total. The Morgan fingerprint density at radius 1 is 1.31 bits per heavy atom. The number of aromatic nitrogens is 1. The minimum absolute atomic E-state index is 0.190. The van der Waals surface area contributed by atoms with E-state index in [4.69, 9.17) is 0 Å². The highest BCUT2D eigenvalue weighted by molar-refractivity contribution is 6.06. The number of fused-ring (bicyclic) bond motifs is 1. The summed E-state index contributed by atoms with van der Waals surface area (Å²) in [5.74, 6) is -1.11. The summed E-state index contributed by atoms with van der Waals surface area (Å²) >= 11 is 0. The van der Waals surface area contributed by atoms with Crippen molar-refractivity contribution >= 4 is 22.8 Å². The van der Waals surface area contributed by atoms with Gasteiger partial charge in [-0.2, -0.15) is 0 Å². The Morgan fingerprint density at radius 2 is 2.08 bits per heavy atom. The molecule has 0 aliphatic carbocycles. The highest BCUT2D eigenvalue weighted by Gasteiger charge is 2.43. The van der Waals surface area contributed by atoms with Crippen LogP contribution in [0.25, 0.3) is 10.9 Å². The van der Waals surface area contributed by atoms with Crippen LogP contribution in [0.5, 0.6) is 0 Å². The van der Waals surface area contributed by atoms with E-state index in [9.17, 15) is 19.5 Å². The Hall–Kier alpha value is -2.63. The van der Waals surface area contributed by atoms with Crippen LogP contribution in [0.15, 0.2) is 29.1 Å².